The van der Waals surface area contributed by atoms with Gasteiger partial charge < -0.3 is 15.4 Å². The highest BCUT2D eigenvalue weighted by Gasteiger charge is 2.15. The summed E-state index contributed by atoms with van der Waals surface area (Å²) in [7, 11) is 1.81. The molecular weight excluding hydrogens is 453 g/mol. The number of guanidine groups is 1. The van der Waals surface area contributed by atoms with Gasteiger partial charge in [0.25, 0.3) is 0 Å². The van der Waals surface area contributed by atoms with Crippen LogP contribution in [0.2, 0.25) is 0 Å². The second kappa shape index (κ2) is 9.97. The van der Waals surface area contributed by atoms with E-state index in [0.717, 1.165) is 45.1 Å². The van der Waals surface area contributed by atoms with Gasteiger partial charge in [0.15, 0.2) is 5.96 Å². The lowest BCUT2D eigenvalue weighted by atomic mass is 10.1. The molecule has 0 amide bonds. The predicted octanol–water partition coefficient (Wildman–Crippen LogP) is 2.87. The molecule has 0 bridgehead atoms. The Hall–Kier alpha value is 0.140. The second-order valence-corrected chi connectivity index (χ2v) is 7.11. The molecule has 1 aromatic heterocycles. The van der Waals surface area contributed by atoms with E-state index in [1.165, 1.54) is 8.66 Å². The van der Waals surface area contributed by atoms with Crippen molar-refractivity contribution in [3.05, 3.63) is 20.8 Å². The Kier molecular flexibility index (Phi) is 9.06. The van der Waals surface area contributed by atoms with Crippen LogP contribution in [0, 0.1) is 5.92 Å². The fourth-order valence-electron chi connectivity index (χ4n) is 2.00. The SMILES string of the molecule is CN=C(NCCc1ccc(Br)s1)NCC1CCOC1.I. The smallest absolute Gasteiger partial charge is 0.190 e. The van der Waals surface area contributed by atoms with Gasteiger partial charge in [-0.3, -0.25) is 4.99 Å². The van der Waals surface area contributed by atoms with Crippen LogP contribution < -0.4 is 10.6 Å². The molecule has 0 spiro atoms. The Labute approximate surface area is 149 Å². The highest BCUT2D eigenvalue weighted by Crippen LogP contribution is 2.21. The second-order valence-electron chi connectivity index (χ2n) is 4.57. The fraction of sp³-hybridized carbons (Fsp3) is 0.615. The molecule has 0 aliphatic carbocycles. The monoisotopic (exact) mass is 473 g/mol. The minimum absolute atomic E-state index is 0. The van der Waals surface area contributed by atoms with Gasteiger partial charge in [0.2, 0.25) is 0 Å². The van der Waals surface area contributed by atoms with Crippen molar-refractivity contribution in [2.75, 3.05) is 33.4 Å². The first kappa shape index (κ1) is 18.2. The summed E-state index contributed by atoms with van der Waals surface area (Å²) < 4.78 is 6.55. The Morgan fingerprint density at radius 2 is 2.35 bits per heavy atom. The molecule has 4 nitrogen and oxygen atoms in total. The highest BCUT2D eigenvalue weighted by atomic mass is 127. The molecule has 7 heteroatoms. The Morgan fingerprint density at radius 1 is 1.50 bits per heavy atom. The average molecular weight is 474 g/mol. The molecule has 1 unspecified atom stereocenters. The van der Waals surface area contributed by atoms with Crippen LogP contribution >= 0.6 is 51.2 Å². The summed E-state index contributed by atoms with van der Waals surface area (Å²) in [6.07, 6.45) is 2.16. The lowest BCUT2D eigenvalue weighted by Gasteiger charge is -2.14. The fourth-order valence-corrected chi connectivity index (χ4v) is 3.48. The number of rotatable bonds is 5. The van der Waals surface area contributed by atoms with Crippen molar-refractivity contribution in [1.82, 2.24) is 10.6 Å². The number of halogens is 2. The summed E-state index contributed by atoms with van der Waals surface area (Å²) in [4.78, 5) is 5.61. The van der Waals surface area contributed by atoms with E-state index in [1.807, 2.05) is 7.05 Å². The van der Waals surface area contributed by atoms with Crippen molar-refractivity contribution in [1.29, 1.82) is 0 Å². The maximum Gasteiger partial charge on any atom is 0.190 e. The lowest BCUT2D eigenvalue weighted by molar-refractivity contribution is 0.186. The Bertz CT molecular complexity index is 422. The zero-order valence-electron chi connectivity index (χ0n) is 11.5. The van der Waals surface area contributed by atoms with Gasteiger partial charge in [-0.25, -0.2) is 0 Å². The van der Waals surface area contributed by atoms with Crippen molar-refractivity contribution >= 4 is 57.2 Å². The van der Waals surface area contributed by atoms with Gasteiger partial charge >= 0.3 is 0 Å². The van der Waals surface area contributed by atoms with Gasteiger partial charge in [-0.2, -0.15) is 0 Å². The molecule has 0 saturated carbocycles. The molecule has 114 valence electrons. The van der Waals surface area contributed by atoms with Gasteiger partial charge in [0.05, 0.1) is 10.4 Å². The first-order valence-corrected chi connectivity index (χ1v) is 8.15. The summed E-state index contributed by atoms with van der Waals surface area (Å²) in [5.41, 5.74) is 0. The quantitative estimate of drug-likeness (QED) is 0.392. The van der Waals surface area contributed by atoms with Crippen molar-refractivity contribution < 1.29 is 4.74 Å². The van der Waals surface area contributed by atoms with E-state index in [4.69, 9.17) is 4.74 Å². The van der Waals surface area contributed by atoms with Crippen molar-refractivity contribution in [2.45, 2.75) is 12.8 Å². The van der Waals surface area contributed by atoms with Crippen molar-refractivity contribution in [2.24, 2.45) is 10.9 Å². The molecule has 1 aromatic rings. The van der Waals surface area contributed by atoms with E-state index in [-0.39, 0.29) is 24.0 Å². The third kappa shape index (κ3) is 6.28. The van der Waals surface area contributed by atoms with Gasteiger partial charge in [-0.1, -0.05) is 0 Å². The van der Waals surface area contributed by atoms with Crippen LogP contribution in [0.15, 0.2) is 20.9 Å². The number of nitrogens with one attached hydrogen (secondary N) is 2. The van der Waals surface area contributed by atoms with Crippen LogP contribution in [0.3, 0.4) is 0 Å². The molecule has 0 radical (unpaired) electrons. The zero-order valence-corrected chi connectivity index (χ0v) is 16.3. The molecule has 1 aliphatic heterocycles. The summed E-state index contributed by atoms with van der Waals surface area (Å²) in [6, 6.07) is 4.25. The molecule has 2 N–H and O–H groups in total. The summed E-state index contributed by atoms with van der Waals surface area (Å²) in [5.74, 6) is 1.49. The number of aliphatic imine (C=N–C) groups is 1. The number of hydrogen-bond acceptors (Lipinski definition) is 3. The Balaban J connectivity index is 0.00000200. The minimum Gasteiger partial charge on any atom is -0.381 e. The maximum absolute atomic E-state index is 5.36. The third-order valence-electron chi connectivity index (χ3n) is 3.10. The van der Waals surface area contributed by atoms with E-state index < -0.39 is 0 Å². The Morgan fingerprint density at radius 3 is 2.95 bits per heavy atom. The molecule has 1 atom stereocenters. The summed E-state index contributed by atoms with van der Waals surface area (Å²) in [6.45, 7) is 3.59. The van der Waals surface area contributed by atoms with Gasteiger partial charge in [0.1, 0.15) is 0 Å². The van der Waals surface area contributed by atoms with Gasteiger partial charge in [-0.15, -0.1) is 35.3 Å². The van der Waals surface area contributed by atoms with E-state index in [9.17, 15) is 0 Å². The standard InChI is InChI=1S/C13H20BrN3OS.HI/c1-15-13(17-8-10-5-7-18-9-10)16-6-4-11-2-3-12(14)19-11;/h2-3,10H,4-9H2,1H3,(H2,15,16,17);1H. The molecule has 2 rings (SSSR count). The predicted molar refractivity (Wildman–Crippen MR) is 99.4 cm³/mol. The zero-order chi connectivity index (χ0) is 13.5. The molecule has 2 heterocycles. The van der Waals surface area contributed by atoms with Crippen LogP contribution in [0.4, 0.5) is 0 Å². The largest absolute Gasteiger partial charge is 0.381 e. The van der Waals surface area contributed by atoms with Crippen LogP contribution in [-0.2, 0) is 11.2 Å². The van der Waals surface area contributed by atoms with Crippen LogP contribution in [0.1, 0.15) is 11.3 Å². The topological polar surface area (TPSA) is 45.7 Å². The van der Waals surface area contributed by atoms with Crippen LogP contribution in [0.5, 0.6) is 0 Å². The number of hydrogen-bond donors (Lipinski definition) is 2. The molecule has 1 aliphatic rings. The molecular formula is C13H21BrIN3OS. The van der Waals surface area contributed by atoms with Crippen molar-refractivity contribution in [3.8, 4) is 0 Å². The van der Waals surface area contributed by atoms with Crippen LogP contribution in [-0.4, -0.2) is 39.3 Å². The maximum atomic E-state index is 5.36. The van der Waals surface area contributed by atoms with E-state index in [2.05, 4.69) is 43.7 Å². The summed E-state index contributed by atoms with van der Waals surface area (Å²) in [5, 5.41) is 6.70. The van der Waals surface area contributed by atoms with E-state index in [0.29, 0.717) is 5.92 Å². The number of ether oxygens (including phenoxy) is 1. The molecule has 1 fully saturated rings. The minimum atomic E-state index is 0. The lowest BCUT2D eigenvalue weighted by Crippen LogP contribution is -2.40. The van der Waals surface area contributed by atoms with E-state index >= 15 is 0 Å². The normalized spacial score (nSPS) is 18.7. The number of nitrogens with zero attached hydrogens (tertiary/aromatic N) is 1. The highest BCUT2D eigenvalue weighted by molar-refractivity contribution is 14.0. The first-order valence-electron chi connectivity index (χ1n) is 6.54. The van der Waals surface area contributed by atoms with E-state index in [1.54, 1.807) is 11.3 Å². The van der Waals surface area contributed by atoms with Crippen LogP contribution in [0.25, 0.3) is 0 Å². The van der Waals surface area contributed by atoms with Gasteiger partial charge in [-0.05, 0) is 40.9 Å². The van der Waals surface area contributed by atoms with Gasteiger partial charge in [0, 0.05) is 37.5 Å². The molecule has 20 heavy (non-hydrogen) atoms. The van der Waals surface area contributed by atoms with Crippen molar-refractivity contribution in [3.63, 3.8) is 0 Å². The molecule has 1 saturated heterocycles. The average Bonchev–Trinajstić information content (AvgIpc) is 3.05. The summed E-state index contributed by atoms with van der Waals surface area (Å²) >= 11 is 5.26. The number of thiophene rings is 1. The third-order valence-corrected chi connectivity index (χ3v) is 4.78. The first-order chi connectivity index (χ1) is 9.28. The molecule has 0 aromatic carbocycles.